The Hall–Kier alpha value is -0.890. The van der Waals surface area contributed by atoms with Gasteiger partial charge in [0.25, 0.3) is 0 Å². The lowest BCUT2D eigenvalue weighted by Crippen LogP contribution is -2.50. The molecule has 0 aromatic rings. The van der Waals surface area contributed by atoms with Crippen LogP contribution in [0.3, 0.4) is 0 Å². The van der Waals surface area contributed by atoms with Crippen molar-refractivity contribution >= 4 is 5.78 Å². The van der Waals surface area contributed by atoms with Crippen molar-refractivity contribution in [3.05, 3.63) is 23.8 Å². The Labute approximate surface area is 134 Å². The fourth-order valence-corrected chi connectivity index (χ4v) is 6.54. The summed E-state index contributed by atoms with van der Waals surface area (Å²) < 4.78 is 5.84. The van der Waals surface area contributed by atoms with Gasteiger partial charge in [0.2, 0.25) is 0 Å². The van der Waals surface area contributed by atoms with E-state index in [2.05, 4.69) is 19.9 Å². The molecule has 2 nitrogen and oxygen atoms in total. The van der Waals surface area contributed by atoms with E-state index in [-0.39, 0.29) is 11.2 Å². The Kier molecular flexibility index (Phi) is 3.21. The number of ether oxygens (including phenoxy) is 1. The summed E-state index contributed by atoms with van der Waals surface area (Å²) in [6, 6.07) is 0. The average molecular weight is 300 g/mol. The monoisotopic (exact) mass is 300 g/mol. The number of carbonyl (C=O) groups is 1. The Balaban J connectivity index is 1.68. The highest BCUT2D eigenvalue weighted by atomic mass is 16.5. The standard InChI is InChI=1S/C20H28O2/c1-19-10-8-14(21)12-13(19)4-5-15-16-6-7-18(22-3)20(16,2)11-9-17(15)19/h8,10,12,15-18H,4-7,9,11H2,1-3H3. The van der Waals surface area contributed by atoms with E-state index in [9.17, 15) is 4.79 Å². The zero-order valence-electron chi connectivity index (χ0n) is 14.1. The fourth-order valence-electron chi connectivity index (χ4n) is 6.54. The molecule has 4 aliphatic carbocycles. The summed E-state index contributed by atoms with van der Waals surface area (Å²) in [5.41, 5.74) is 1.90. The zero-order valence-corrected chi connectivity index (χ0v) is 14.1. The number of ketones is 1. The second-order valence-corrected chi connectivity index (χ2v) is 8.45. The molecule has 0 saturated heterocycles. The molecule has 6 atom stereocenters. The first-order chi connectivity index (χ1) is 10.5. The molecule has 4 rings (SSSR count). The molecule has 6 unspecified atom stereocenters. The van der Waals surface area contributed by atoms with E-state index in [1.807, 2.05) is 19.3 Å². The molecule has 0 heterocycles. The van der Waals surface area contributed by atoms with Crippen molar-refractivity contribution in [3.63, 3.8) is 0 Å². The molecule has 3 fully saturated rings. The van der Waals surface area contributed by atoms with Gasteiger partial charge in [0.05, 0.1) is 6.10 Å². The summed E-state index contributed by atoms with van der Waals surface area (Å²) >= 11 is 0. The Bertz CT molecular complexity index is 560. The molecule has 0 radical (unpaired) electrons. The van der Waals surface area contributed by atoms with Gasteiger partial charge in [-0.05, 0) is 73.8 Å². The van der Waals surface area contributed by atoms with Crippen molar-refractivity contribution < 1.29 is 9.53 Å². The number of fused-ring (bicyclic) bond motifs is 5. The Morgan fingerprint density at radius 1 is 1.14 bits per heavy atom. The number of hydrogen-bond donors (Lipinski definition) is 0. The fraction of sp³-hybridized carbons (Fsp3) is 0.750. The first-order valence-corrected chi connectivity index (χ1v) is 8.96. The summed E-state index contributed by atoms with van der Waals surface area (Å²) in [4.78, 5) is 11.8. The van der Waals surface area contributed by atoms with Crippen LogP contribution in [0, 0.1) is 28.6 Å². The third kappa shape index (κ3) is 1.79. The summed E-state index contributed by atoms with van der Waals surface area (Å²) in [5, 5.41) is 0. The maximum atomic E-state index is 11.8. The van der Waals surface area contributed by atoms with E-state index >= 15 is 0 Å². The van der Waals surface area contributed by atoms with Gasteiger partial charge in [-0.2, -0.15) is 0 Å². The lowest BCUT2D eigenvalue weighted by atomic mass is 9.48. The molecule has 0 bridgehead atoms. The molecule has 0 amide bonds. The number of carbonyl (C=O) groups excluding carboxylic acids is 1. The molecule has 2 heteroatoms. The Morgan fingerprint density at radius 3 is 2.73 bits per heavy atom. The summed E-state index contributed by atoms with van der Waals surface area (Å²) in [7, 11) is 1.89. The predicted octanol–water partition coefficient (Wildman–Crippen LogP) is 4.31. The van der Waals surface area contributed by atoms with Crippen LogP contribution in [-0.2, 0) is 9.53 Å². The molecule has 0 aromatic carbocycles. The maximum Gasteiger partial charge on any atom is 0.178 e. The molecule has 0 spiro atoms. The van der Waals surface area contributed by atoms with Gasteiger partial charge in [-0.15, -0.1) is 0 Å². The largest absolute Gasteiger partial charge is 0.381 e. The highest BCUT2D eigenvalue weighted by molar-refractivity contribution is 6.01. The van der Waals surface area contributed by atoms with E-state index in [4.69, 9.17) is 4.74 Å². The van der Waals surface area contributed by atoms with E-state index in [0.717, 1.165) is 18.3 Å². The molecule has 120 valence electrons. The zero-order chi connectivity index (χ0) is 15.5. The quantitative estimate of drug-likeness (QED) is 0.721. The number of hydrogen-bond acceptors (Lipinski definition) is 2. The van der Waals surface area contributed by atoms with Gasteiger partial charge in [0.15, 0.2) is 5.78 Å². The van der Waals surface area contributed by atoms with Crippen LogP contribution in [0.25, 0.3) is 0 Å². The van der Waals surface area contributed by atoms with Crippen LogP contribution in [0.5, 0.6) is 0 Å². The van der Waals surface area contributed by atoms with Gasteiger partial charge in [-0.3, -0.25) is 4.79 Å². The van der Waals surface area contributed by atoms with Crippen LogP contribution in [0.2, 0.25) is 0 Å². The molecule has 4 aliphatic rings. The van der Waals surface area contributed by atoms with Crippen LogP contribution in [-0.4, -0.2) is 19.0 Å². The van der Waals surface area contributed by atoms with Gasteiger partial charge >= 0.3 is 0 Å². The normalized spacial score (nSPS) is 50.1. The SMILES string of the molecule is COC1CCC2C3CCC4=CC(=O)C=CC4(C)C3CCC12C. The van der Waals surface area contributed by atoms with Crippen molar-refractivity contribution in [3.8, 4) is 0 Å². The molecule has 22 heavy (non-hydrogen) atoms. The highest BCUT2D eigenvalue weighted by Crippen LogP contribution is 2.64. The Morgan fingerprint density at radius 2 is 1.95 bits per heavy atom. The van der Waals surface area contributed by atoms with E-state index < -0.39 is 0 Å². The second kappa shape index (κ2) is 4.80. The third-order valence-corrected chi connectivity index (χ3v) is 7.75. The topological polar surface area (TPSA) is 26.3 Å². The summed E-state index contributed by atoms with van der Waals surface area (Å²) in [6.45, 7) is 4.85. The maximum absolute atomic E-state index is 11.8. The minimum absolute atomic E-state index is 0.128. The van der Waals surface area contributed by atoms with Crippen molar-refractivity contribution in [1.82, 2.24) is 0 Å². The average Bonchev–Trinajstić information content (AvgIpc) is 2.84. The molecule has 0 aromatic heterocycles. The van der Waals surface area contributed by atoms with Crippen molar-refractivity contribution in [2.24, 2.45) is 28.6 Å². The van der Waals surface area contributed by atoms with E-state index in [1.165, 1.54) is 37.7 Å². The molecular weight excluding hydrogens is 272 g/mol. The minimum atomic E-state index is 0.128. The van der Waals surface area contributed by atoms with Gasteiger partial charge < -0.3 is 4.74 Å². The smallest absolute Gasteiger partial charge is 0.178 e. The minimum Gasteiger partial charge on any atom is -0.381 e. The molecule has 3 saturated carbocycles. The second-order valence-electron chi connectivity index (χ2n) is 8.45. The lowest BCUT2D eigenvalue weighted by Gasteiger charge is -2.56. The molecular formula is C20H28O2. The summed E-state index contributed by atoms with van der Waals surface area (Å²) in [5.74, 6) is 2.51. The summed E-state index contributed by atoms with van der Waals surface area (Å²) in [6.07, 6.45) is 13.9. The van der Waals surface area contributed by atoms with Crippen LogP contribution in [0.4, 0.5) is 0 Å². The van der Waals surface area contributed by atoms with Gasteiger partial charge in [-0.1, -0.05) is 25.5 Å². The highest BCUT2D eigenvalue weighted by Gasteiger charge is 2.58. The van der Waals surface area contributed by atoms with Crippen LogP contribution in [0.15, 0.2) is 23.8 Å². The van der Waals surface area contributed by atoms with Gasteiger partial charge in [-0.25, -0.2) is 0 Å². The van der Waals surface area contributed by atoms with E-state index in [1.54, 1.807) is 0 Å². The lowest BCUT2D eigenvalue weighted by molar-refractivity contribution is -0.111. The van der Waals surface area contributed by atoms with E-state index in [0.29, 0.717) is 17.4 Å². The molecule has 0 aliphatic heterocycles. The predicted molar refractivity (Wildman–Crippen MR) is 87.4 cm³/mol. The number of allylic oxidation sites excluding steroid dienone is 4. The number of methoxy groups -OCH3 is 1. The van der Waals surface area contributed by atoms with Gasteiger partial charge in [0.1, 0.15) is 0 Å². The van der Waals surface area contributed by atoms with Crippen molar-refractivity contribution in [1.29, 1.82) is 0 Å². The van der Waals surface area contributed by atoms with Crippen molar-refractivity contribution in [2.45, 2.75) is 58.5 Å². The van der Waals surface area contributed by atoms with Gasteiger partial charge in [0, 0.05) is 12.5 Å². The third-order valence-electron chi connectivity index (χ3n) is 7.75. The van der Waals surface area contributed by atoms with Crippen molar-refractivity contribution in [2.75, 3.05) is 7.11 Å². The van der Waals surface area contributed by atoms with Crippen LogP contribution < -0.4 is 0 Å². The van der Waals surface area contributed by atoms with Crippen LogP contribution in [0.1, 0.15) is 52.4 Å². The number of rotatable bonds is 1. The van der Waals surface area contributed by atoms with Crippen LogP contribution >= 0.6 is 0 Å². The first-order valence-electron chi connectivity index (χ1n) is 8.96. The first kappa shape index (κ1) is 14.7. The molecule has 0 N–H and O–H groups in total.